The molecule has 1 aliphatic rings. The first-order valence-corrected chi connectivity index (χ1v) is 6.30. The van der Waals surface area contributed by atoms with Crippen LogP contribution in [0.15, 0.2) is 12.2 Å². The van der Waals surface area contributed by atoms with E-state index in [2.05, 4.69) is 10.2 Å². The number of carboxylic acid groups (broad SMARTS) is 1. The summed E-state index contributed by atoms with van der Waals surface area (Å²) in [5.74, 6) is -1.99. The minimum atomic E-state index is -1.24. The fourth-order valence-corrected chi connectivity index (χ4v) is 1.86. The van der Waals surface area contributed by atoms with Crippen LogP contribution in [0.2, 0.25) is 0 Å². The van der Waals surface area contributed by atoms with Gasteiger partial charge in [0.05, 0.1) is 0 Å². The van der Waals surface area contributed by atoms with Gasteiger partial charge in [0, 0.05) is 25.2 Å². The van der Waals surface area contributed by atoms with Crippen LogP contribution < -0.4 is 10.6 Å². The quantitative estimate of drug-likeness (QED) is 0.607. The fraction of sp³-hybridized carbons (Fsp3) is 0.583. The smallest absolute Gasteiger partial charge is 0.328 e. The average molecular weight is 269 g/mol. The summed E-state index contributed by atoms with van der Waals surface area (Å²) >= 11 is 0. The van der Waals surface area contributed by atoms with Gasteiger partial charge >= 0.3 is 12.0 Å². The second-order valence-corrected chi connectivity index (χ2v) is 4.32. The number of carboxylic acids is 1. The summed E-state index contributed by atoms with van der Waals surface area (Å²) in [5.41, 5.74) is 0. The summed E-state index contributed by atoms with van der Waals surface area (Å²) in [5, 5.41) is 12.9. The molecule has 0 saturated carbocycles. The summed E-state index contributed by atoms with van der Waals surface area (Å²) in [6.45, 7) is 3.31. The van der Waals surface area contributed by atoms with Gasteiger partial charge in [-0.3, -0.25) is 10.1 Å². The van der Waals surface area contributed by atoms with Crippen LogP contribution in [-0.4, -0.2) is 54.1 Å². The molecule has 0 spiro atoms. The van der Waals surface area contributed by atoms with Gasteiger partial charge in [0.2, 0.25) is 0 Å². The number of aliphatic carboxylic acids is 1. The first-order valence-electron chi connectivity index (χ1n) is 6.30. The normalized spacial score (nSPS) is 16.2. The summed E-state index contributed by atoms with van der Waals surface area (Å²) in [6, 6.07) is -0.614. The van der Waals surface area contributed by atoms with Crippen LogP contribution in [0.3, 0.4) is 0 Å². The molecule has 0 aromatic rings. The van der Waals surface area contributed by atoms with E-state index in [0.717, 1.165) is 25.7 Å². The van der Waals surface area contributed by atoms with Gasteiger partial charge in [0.1, 0.15) is 0 Å². The van der Waals surface area contributed by atoms with Gasteiger partial charge in [-0.05, 0) is 25.9 Å². The van der Waals surface area contributed by atoms with Crippen molar-refractivity contribution < 1.29 is 19.5 Å². The molecule has 1 heterocycles. The molecule has 0 radical (unpaired) electrons. The Morgan fingerprint density at radius 3 is 2.42 bits per heavy atom. The van der Waals surface area contributed by atoms with Gasteiger partial charge in [0.15, 0.2) is 0 Å². The Morgan fingerprint density at radius 1 is 1.11 bits per heavy atom. The predicted molar refractivity (Wildman–Crippen MR) is 68.6 cm³/mol. The van der Waals surface area contributed by atoms with E-state index >= 15 is 0 Å². The zero-order valence-corrected chi connectivity index (χ0v) is 10.7. The van der Waals surface area contributed by atoms with Crippen molar-refractivity contribution in [1.29, 1.82) is 0 Å². The molecule has 0 unspecified atom stereocenters. The van der Waals surface area contributed by atoms with Crippen LogP contribution in [0.4, 0.5) is 4.79 Å². The zero-order valence-electron chi connectivity index (χ0n) is 10.7. The van der Waals surface area contributed by atoms with E-state index in [-0.39, 0.29) is 0 Å². The van der Waals surface area contributed by atoms with E-state index in [1.807, 2.05) is 5.32 Å². The lowest BCUT2D eigenvalue weighted by molar-refractivity contribution is -0.131. The van der Waals surface area contributed by atoms with Crippen molar-refractivity contribution in [3.63, 3.8) is 0 Å². The van der Waals surface area contributed by atoms with Crippen molar-refractivity contribution in [1.82, 2.24) is 15.5 Å². The van der Waals surface area contributed by atoms with E-state index in [1.165, 1.54) is 19.3 Å². The minimum absolute atomic E-state index is 0.460. The Hall–Kier alpha value is -1.89. The lowest BCUT2D eigenvalue weighted by Crippen LogP contribution is -2.43. The largest absolute Gasteiger partial charge is 0.478 e. The van der Waals surface area contributed by atoms with Crippen molar-refractivity contribution in [2.45, 2.75) is 19.3 Å². The number of piperidine rings is 1. The maximum Gasteiger partial charge on any atom is 0.328 e. The number of nitrogens with one attached hydrogen (secondary N) is 2. The van der Waals surface area contributed by atoms with Gasteiger partial charge in [-0.15, -0.1) is 0 Å². The van der Waals surface area contributed by atoms with Crippen molar-refractivity contribution in [3.05, 3.63) is 12.2 Å². The molecule has 1 saturated heterocycles. The molecule has 3 N–H and O–H groups in total. The SMILES string of the molecule is O=C(O)/C=C/C(=O)NC(=O)NCCN1CCCCC1. The topological polar surface area (TPSA) is 98.7 Å². The second kappa shape index (κ2) is 8.25. The molecule has 19 heavy (non-hydrogen) atoms. The number of hydrogen-bond donors (Lipinski definition) is 3. The fourth-order valence-electron chi connectivity index (χ4n) is 1.86. The number of rotatable bonds is 5. The highest BCUT2D eigenvalue weighted by atomic mass is 16.4. The molecule has 0 atom stereocenters. The Bertz CT molecular complexity index is 362. The summed E-state index contributed by atoms with van der Waals surface area (Å²) in [7, 11) is 0. The second-order valence-electron chi connectivity index (χ2n) is 4.32. The Morgan fingerprint density at radius 2 is 1.79 bits per heavy atom. The van der Waals surface area contributed by atoms with Gasteiger partial charge in [-0.25, -0.2) is 9.59 Å². The number of likely N-dealkylation sites (tertiary alicyclic amines) is 1. The Kier molecular flexibility index (Phi) is 6.59. The molecule has 3 amide bonds. The molecule has 1 fully saturated rings. The number of amides is 3. The molecule has 0 aromatic carbocycles. The van der Waals surface area contributed by atoms with Crippen molar-refractivity contribution in [2.75, 3.05) is 26.2 Å². The standard InChI is InChI=1S/C12H19N3O4/c16-10(4-5-11(17)18)14-12(19)13-6-9-15-7-2-1-3-8-15/h4-5H,1-3,6-9H2,(H,17,18)(H2,13,14,16,19)/b5-4+. The lowest BCUT2D eigenvalue weighted by Gasteiger charge is -2.26. The third-order valence-corrected chi connectivity index (χ3v) is 2.78. The van der Waals surface area contributed by atoms with Crippen LogP contribution >= 0.6 is 0 Å². The molecule has 106 valence electrons. The van der Waals surface area contributed by atoms with Crippen molar-refractivity contribution in [2.24, 2.45) is 0 Å². The van der Waals surface area contributed by atoms with Crippen LogP contribution in [-0.2, 0) is 9.59 Å². The third-order valence-electron chi connectivity index (χ3n) is 2.78. The van der Waals surface area contributed by atoms with Gasteiger partial charge in [-0.2, -0.15) is 0 Å². The van der Waals surface area contributed by atoms with Gasteiger partial charge < -0.3 is 15.3 Å². The van der Waals surface area contributed by atoms with E-state index in [4.69, 9.17) is 5.11 Å². The first kappa shape index (κ1) is 15.2. The first-order chi connectivity index (χ1) is 9.08. The highest BCUT2D eigenvalue weighted by Crippen LogP contribution is 2.07. The number of carbonyl (C=O) groups excluding carboxylic acids is 2. The maximum atomic E-state index is 11.3. The van der Waals surface area contributed by atoms with E-state index in [0.29, 0.717) is 12.6 Å². The monoisotopic (exact) mass is 269 g/mol. The molecule has 7 nitrogen and oxygen atoms in total. The molecule has 0 bridgehead atoms. The van der Waals surface area contributed by atoms with Crippen LogP contribution in [0, 0.1) is 0 Å². The molecule has 1 rings (SSSR count). The van der Waals surface area contributed by atoms with Crippen LogP contribution in [0.1, 0.15) is 19.3 Å². The minimum Gasteiger partial charge on any atom is -0.478 e. The number of urea groups is 1. The van der Waals surface area contributed by atoms with E-state index < -0.39 is 17.9 Å². The number of carbonyl (C=O) groups is 3. The third kappa shape index (κ3) is 7.20. The zero-order chi connectivity index (χ0) is 14.1. The van der Waals surface area contributed by atoms with Crippen molar-refractivity contribution in [3.8, 4) is 0 Å². The average Bonchev–Trinajstić information content (AvgIpc) is 2.37. The predicted octanol–water partition coefficient (Wildman–Crippen LogP) is -0.0611. The summed E-state index contributed by atoms with van der Waals surface area (Å²) in [6.07, 6.45) is 5.10. The number of hydrogen-bond acceptors (Lipinski definition) is 4. The molecular weight excluding hydrogens is 250 g/mol. The molecule has 0 aromatic heterocycles. The Labute approximate surface area is 111 Å². The molecule has 1 aliphatic heterocycles. The highest BCUT2D eigenvalue weighted by molar-refractivity contribution is 6.02. The molecule has 7 heteroatoms. The van der Waals surface area contributed by atoms with E-state index in [9.17, 15) is 14.4 Å². The van der Waals surface area contributed by atoms with Gasteiger partial charge in [-0.1, -0.05) is 6.42 Å². The molecular formula is C12H19N3O4. The summed E-state index contributed by atoms with van der Waals surface area (Å²) in [4.78, 5) is 34.8. The van der Waals surface area contributed by atoms with Crippen molar-refractivity contribution >= 4 is 17.9 Å². The highest BCUT2D eigenvalue weighted by Gasteiger charge is 2.10. The van der Waals surface area contributed by atoms with Crippen LogP contribution in [0.5, 0.6) is 0 Å². The number of imide groups is 1. The molecule has 0 aliphatic carbocycles. The maximum absolute atomic E-state index is 11.3. The van der Waals surface area contributed by atoms with Gasteiger partial charge in [0.25, 0.3) is 5.91 Å². The number of nitrogens with zero attached hydrogens (tertiary/aromatic N) is 1. The lowest BCUT2D eigenvalue weighted by atomic mass is 10.1. The summed E-state index contributed by atoms with van der Waals surface area (Å²) < 4.78 is 0. The van der Waals surface area contributed by atoms with E-state index in [1.54, 1.807) is 0 Å². The Balaban J connectivity index is 2.13. The van der Waals surface area contributed by atoms with Crippen LogP contribution in [0.25, 0.3) is 0 Å².